The molecule has 6 nitrogen and oxygen atoms in total. The lowest BCUT2D eigenvalue weighted by Gasteiger charge is -2.34. The van der Waals surface area contributed by atoms with Crippen LogP contribution in [0.4, 0.5) is 4.39 Å². The van der Waals surface area contributed by atoms with E-state index in [2.05, 4.69) is 54.7 Å². The molecule has 4 N–H and O–H groups in total. The van der Waals surface area contributed by atoms with Crippen LogP contribution in [0.15, 0.2) is 94.2 Å². The summed E-state index contributed by atoms with van der Waals surface area (Å²) in [6, 6.07) is 0.359. The van der Waals surface area contributed by atoms with Crippen molar-refractivity contribution < 1.29 is 4.39 Å². The Bertz CT molecular complexity index is 938. The van der Waals surface area contributed by atoms with Gasteiger partial charge >= 0.3 is 0 Å². The molecule has 0 aromatic rings. The maximum absolute atomic E-state index is 13.5. The molecule has 0 amide bonds. The van der Waals surface area contributed by atoms with Crippen molar-refractivity contribution in [1.82, 2.24) is 9.80 Å². The number of hydrogen-bond acceptors (Lipinski definition) is 6. The largest absolute Gasteiger partial charge is 0.397 e. The lowest BCUT2D eigenvalue weighted by Crippen LogP contribution is -2.42. The monoisotopic (exact) mass is 510 g/mol. The van der Waals surface area contributed by atoms with E-state index in [1.807, 2.05) is 24.1 Å². The first kappa shape index (κ1) is 31.8. The maximum Gasteiger partial charge on any atom is 0.137 e. The molecule has 0 aromatic heterocycles. The molecule has 204 valence electrons. The van der Waals surface area contributed by atoms with Crippen molar-refractivity contribution >= 4 is 12.9 Å². The van der Waals surface area contributed by atoms with Gasteiger partial charge < -0.3 is 21.3 Å². The number of nitrogens with two attached hydrogens (primary N) is 2. The van der Waals surface area contributed by atoms with Gasteiger partial charge in [-0.1, -0.05) is 51.3 Å². The number of allylic oxidation sites excluding steroid dienone is 6. The number of rotatable bonds is 11. The molecule has 0 aromatic carbocycles. The molecule has 2 unspecified atom stereocenters. The van der Waals surface area contributed by atoms with E-state index >= 15 is 0 Å². The van der Waals surface area contributed by atoms with Crippen molar-refractivity contribution in [3.05, 3.63) is 84.2 Å². The van der Waals surface area contributed by atoms with Gasteiger partial charge in [0, 0.05) is 50.8 Å². The molecular formula is C30H47FN6. The van der Waals surface area contributed by atoms with E-state index in [0.29, 0.717) is 23.4 Å². The van der Waals surface area contributed by atoms with Gasteiger partial charge in [0.1, 0.15) is 6.17 Å². The summed E-state index contributed by atoms with van der Waals surface area (Å²) in [6.07, 6.45) is 16.7. The van der Waals surface area contributed by atoms with E-state index in [9.17, 15) is 4.39 Å². The lowest BCUT2D eigenvalue weighted by atomic mass is 10.0. The Morgan fingerprint density at radius 3 is 2.54 bits per heavy atom. The van der Waals surface area contributed by atoms with Crippen LogP contribution in [0.1, 0.15) is 46.5 Å². The predicted octanol–water partition coefficient (Wildman–Crippen LogP) is 5.66. The standard InChI is InChI=1S/C19H25FN4.C11H22N2/c1-5-15(9-10-16(20)6-2)18(23-4)19(17(21)11-12-22-3)24-13-7-8-14-24;1-9(2)7-10(3)13-6-4-5-11(12)8-13/h5-7,9-13,16H,2,4,8,14,21H2,1,3H3;9,11H,3-8,12H2,1-2H3/b10-9-,15-5+,17-11-,19-18-,22-12?;. The Morgan fingerprint density at radius 1 is 1.30 bits per heavy atom. The summed E-state index contributed by atoms with van der Waals surface area (Å²) in [5.74, 6) is 0.700. The molecule has 0 aliphatic carbocycles. The van der Waals surface area contributed by atoms with Crippen LogP contribution < -0.4 is 11.5 Å². The average Bonchev–Trinajstić information content (AvgIpc) is 3.41. The second kappa shape index (κ2) is 17.3. The minimum Gasteiger partial charge on any atom is -0.397 e. The first-order chi connectivity index (χ1) is 17.7. The fourth-order valence-corrected chi connectivity index (χ4v) is 4.14. The van der Waals surface area contributed by atoms with Gasteiger partial charge in [-0.15, -0.1) is 0 Å². The van der Waals surface area contributed by atoms with E-state index in [1.54, 1.807) is 25.4 Å². The van der Waals surface area contributed by atoms with Crippen LogP contribution in [0.2, 0.25) is 0 Å². The number of likely N-dealkylation sites (tertiary alicyclic amines) is 1. The summed E-state index contributed by atoms with van der Waals surface area (Å²) in [4.78, 5) is 12.5. The van der Waals surface area contributed by atoms with Crippen LogP contribution >= 0.6 is 0 Å². The Morgan fingerprint density at radius 2 is 2.03 bits per heavy atom. The molecule has 0 saturated carbocycles. The fourth-order valence-electron chi connectivity index (χ4n) is 4.14. The second-order valence-corrected chi connectivity index (χ2v) is 9.55. The highest BCUT2D eigenvalue weighted by Gasteiger charge is 2.19. The Balaban J connectivity index is 0.000000442. The average molecular weight is 511 g/mol. The van der Waals surface area contributed by atoms with Crippen LogP contribution in [0.5, 0.6) is 0 Å². The van der Waals surface area contributed by atoms with Crippen LogP contribution in [0.3, 0.4) is 0 Å². The number of piperidine rings is 1. The third-order valence-corrected chi connectivity index (χ3v) is 5.99. The number of halogens is 1. The summed E-state index contributed by atoms with van der Waals surface area (Å²) in [5, 5.41) is 0. The molecule has 2 rings (SSSR count). The number of nitrogens with zero attached hydrogens (tertiary/aromatic N) is 4. The minimum atomic E-state index is -1.22. The molecular weight excluding hydrogens is 463 g/mol. The zero-order valence-corrected chi connectivity index (χ0v) is 23.2. The van der Waals surface area contributed by atoms with Gasteiger partial charge in [0.15, 0.2) is 0 Å². The SMILES string of the molecule is C=C(CC(C)C)N1CCCC(N)C1.C=CC(F)\C=C/C(=C\C)C(/N=C)=C(\C(N)=C\C=NC)N1C=CCC1. The Hall–Kier alpha value is -3.19. The quantitative estimate of drug-likeness (QED) is 0.214. The first-order valence-corrected chi connectivity index (χ1v) is 13.0. The zero-order chi connectivity index (χ0) is 27.8. The summed E-state index contributed by atoms with van der Waals surface area (Å²) >= 11 is 0. The van der Waals surface area contributed by atoms with Crippen molar-refractivity contribution in [1.29, 1.82) is 0 Å². The van der Waals surface area contributed by atoms with Crippen molar-refractivity contribution in [2.75, 3.05) is 26.7 Å². The van der Waals surface area contributed by atoms with Crippen LogP contribution in [0.25, 0.3) is 0 Å². The Kier molecular flexibility index (Phi) is 14.9. The zero-order valence-electron chi connectivity index (χ0n) is 23.2. The van der Waals surface area contributed by atoms with Crippen LogP contribution in [-0.2, 0) is 0 Å². The van der Waals surface area contributed by atoms with E-state index in [0.717, 1.165) is 43.7 Å². The molecule has 2 heterocycles. The van der Waals surface area contributed by atoms with Crippen molar-refractivity contribution in [2.45, 2.75) is 58.7 Å². The molecule has 0 spiro atoms. The highest BCUT2D eigenvalue weighted by molar-refractivity contribution is 5.73. The molecule has 1 fully saturated rings. The fraction of sp³-hybridized carbons (Fsp3) is 0.467. The summed E-state index contributed by atoms with van der Waals surface area (Å²) in [6.45, 7) is 20.5. The molecule has 0 radical (unpaired) electrons. The van der Waals surface area contributed by atoms with Crippen molar-refractivity contribution in [2.24, 2.45) is 27.4 Å². The van der Waals surface area contributed by atoms with E-state index in [4.69, 9.17) is 11.5 Å². The molecule has 37 heavy (non-hydrogen) atoms. The van der Waals surface area contributed by atoms with Gasteiger partial charge in [-0.2, -0.15) is 0 Å². The van der Waals surface area contributed by atoms with Gasteiger partial charge in [0.05, 0.1) is 17.1 Å². The van der Waals surface area contributed by atoms with E-state index in [1.165, 1.54) is 30.7 Å². The highest BCUT2D eigenvalue weighted by Crippen LogP contribution is 2.27. The number of hydrogen-bond donors (Lipinski definition) is 2. The van der Waals surface area contributed by atoms with Gasteiger partial charge in [0.2, 0.25) is 0 Å². The minimum absolute atomic E-state index is 0.359. The second-order valence-electron chi connectivity index (χ2n) is 9.55. The predicted molar refractivity (Wildman–Crippen MR) is 159 cm³/mol. The smallest absolute Gasteiger partial charge is 0.137 e. The van der Waals surface area contributed by atoms with Crippen molar-refractivity contribution in [3.8, 4) is 0 Å². The van der Waals surface area contributed by atoms with Crippen molar-refractivity contribution in [3.63, 3.8) is 0 Å². The maximum atomic E-state index is 13.5. The van der Waals surface area contributed by atoms with Crippen LogP contribution in [-0.4, -0.2) is 61.6 Å². The molecule has 1 saturated heterocycles. The van der Waals surface area contributed by atoms with Gasteiger partial charge in [-0.25, -0.2) is 4.39 Å². The first-order valence-electron chi connectivity index (χ1n) is 13.0. The van der Waals surface area contributed by atoms with E-state index < -0.39 is 6.17 Å². The summed E-state index contributed by atoms with van der Waals surface area (Å²) in [7, 11) is 1.67. The Labute approximate surface area is 224 Å². The van der Waals surface area contributed by atoms with E-state index in [-0.39, 0.29) is 0 Å². The van der Waals surface area contributed by atoms with Gasteiger partial charge in [-0.3, -0.25) is 9.98 Å². The molecule has 2 aliphatic heterocycles. The molecule has 0 bridgehead atoms. The molecule has 2 aliphatic rings. The molecule has 2 atom stereocenters. The topological polar surface area (TPSA) is 83.2 Å². The summed E-state index contributed by atoms with van der Waals surface area (Å²) < 4.78 is 13.5. The third-order valence-electron chi connectivity index (χ3n) is 5.99. The summed E-state index contributed by atoms with van der Waals surface area (Å²) in [5.41, 5.74) is 16.0. The number of alkyl halides is 1. The van der Waals surface area contributed by atoms with Gasteiger partial charge in [-0.05, 0) is 63.0 Å². The third kappa shape index (κ3) is 11.2. The van der Waals surface area contributed by atoms with Gasteiger partial charge in [0.25, 0.3) is 0 Å². The highest BCUT2D eigenvalue weighted by atomic mass is 19.1. The molecule has 7 heteroatoms. The normalized spacial score (nSPS) is 20.2. The lowest BCUT2D eigenvalue weighted by molar-refractivity contribution is 0.248. The van der Waals surface area contributed by atoms with Crippen LogP contribution in [0, 0.1) is 5.92 Å². The number of aliphatic imine (C=N–C) groups is 2.